The molecule has 1 aromatic heterocycles. The minimum absolute atomic E-state index is 0.0411. The number of hydrogen-bond donors (Lipinski definition) is 2. The smallest absolute Gasteiger partial charge is 0.0775 e. The number of hydrogen-bond acceptors (Lipinski definition) is 3. The van der Waals surface area contributed by atoms with Crippen LogP contribution in [0.1, 0.15) is 22.7 Å². The van der Waals surface area contributed by atoms with Gasteiger partial charge in [0.15, 0.2) is 0 Å². The Morgan fingerprint density at radius 1 is 1.13 bits per heavy atom. The molecule has 0 radical (unpaired) electrons. The molecule has 0 amide bonds. The lowest BCUT2D eigenvalue weighted by molar-refractivity contribution is 0.140. The van der Waals surface area contributed by atoms with Crippen LogP contribution in [-0.2, 0) is 13.0 Å². The predicted molar refractivity (Wildman–Crippen MR) is 92.5 cm³/mol. The van der Waals surface area contributed by atoms with Crippen LogP contribution in [0, 0.1) is 0 Å². The number of aliphatic hydroxyl groups is 1. The van der Waals surface area contributed by atoms with Crippen LogP contribution in [0.4, 0.5) is 0 Å². The third kappa shape index (κ3) is 2.61. The fourth-order valence-electron chi connectivity index (χ4n) is 3.38. The topological polar surface area (TPSA) is 45.1 Å². The highest BCUT2D eigenvalue weighted by Crippen LogP contribution is 2.32. The van der Waals surface area contributed by atoms with E-state index < -0.39 is 0 Å². The van der Waals surface area contributed by atoms with Crippen LogP contribution >= 0.6 is 11.6 Å². The van der Waals surface area contributed by atoms with Gasteiger partial charge in [-0.1, -0.05) is 41.9 Å². The van der Waals surface area contributed by atoms with Gasteiger partial charge in [-0.05, 0) is 34.9 Å². The summed E-state index contributed by atoms with van der Waals surface area (Å²) in [7, 11) is 0. The molecular weight excluding hydrogens is 308 g/mol. The van der Waals surface area contributed by atoms with Gasteiger partial charge in [-0.3, -0.25) is 4.98 Å². The molecule has 3 nitrogen and oxygen atoms in total. The minimum atomic E-state index is -0.390. The van der Waals surface area contributed by atoms with Gasteiger partial charge in [-0.2, -0.15) is 0 Å². The molecule has 0 bridgehead atoms. The van der Waals surface area contributed by atoms with E-state index in [9.17, 15) is 5.11 Å². The van der Waals surface area contributed by atoms with Crippen LogP contribution in [0.15, 0.2) is 54.7 Å². The van der Waals surface area contributed by atoms with E-state index in [2.05, 4.69) is 22.4 Å². The summed E-state index contributed by atoms with van der Waals surface area (Å²) >= 11 is 6.25. The molecule has 1 aliphatic rings. The maximum absolute atomic E-state index is 10.3. The van der Waals surface area contributed by atoms with E-state index in [1.165, 1.54) is 11.1 Å². The summed E-state index contributed by atoms with van der Waals surface area (Å²) in [5.74, 6) is 0. The first-order chi connectivity index (χ1) is 11.2. The molecule has 0 saturated heterocycles. The highest BCUT2D eigenvalue weighted by atomic mass is 35.5. The van der Waals surface area contributed by atoms with E-state index in [-0.39, 0.29) is 12.1 Å². The molecule has 2 aromatic carbocycles. The predicted octanol–water partition coefficient (Wildman–Crippen LogP) is 3.64. The number of halogens is 1. The molecule has 3 aromatic rings. The summed E-state index contributed by atoms with van der Waals surface area (Å²) in [5.41, 5.74) is 4.40. The molecule has 116 valence electrons. The van der Waals surface area contributed by atoms with Crippen molar-refractivity contribution in [3.63, 3.8) is 0 Å². The molecule has 2 atom stereocenters. The van der Waals surface area contributed by atoms with Gasteiger partial charge in [0.1, 0.15) is 0 Å². The zero-order valence-electron chi connectivity index (χ0n) is 12.5. The van der Waals surface area contributed by atoms with E-state index in [1.54, 1.807) is 6.20 Å². The number of rotatable bonds is 3. The molecule has 0 aliphatic heterocycles. The monoisotopic (exact) mass is 324 g/mol. The Balaban J connectivity index is 1.62. The van der Waals surface area contributed by atoms with E-state index in [0.717, 1.165) is 16.5 Å². The molecule has 0 unspecified atom stereocenters. The Bertz CT molecular complexity index is 865. The van der Waals surface area contributed by atoms with E-state index in [0.29, 0.717) is 18.0 Å². The molecule has 1 heterocycles. The van der Waals surface area contributed by atoms with E-state index >= 15 is 0 Å². The molecule has 0 fully saturated rings. The van der Waals surface area contributed by atoms with Crippen molar-refractivity contribution in [3.05, 3.63) is 76.4 Å². The zero-order chi connectivity index (χ0) is 15.8. The second kappa shape index (κ2) is 5.93. The van der Waals surface area contributed by atoms with Crippen LogP contribution < -0.4 is 5.32 Å². The molecule has 4 heteroatoms. The third-order valence-electron chi connectivity index (χ3n) is 4.52. The van der Waals surface area contributed by atoms with Gasteiger partial charge in [0.25, 0.3) is 0 Å². The standard InChI is InChI=1S/C19H17ClN2O/c20-16-8-7-13(18-15(16)6-3-9-21-18)11-22-19-14-5-2-1-4-12(14)10-17(19)23/h1-9,17,19,22-23H,10-11H2/t17-,19+/m0/s1. The van der Waals surface area contributed by atoms with Gasteiger partial charge >= 0.3 is 0 Å². The van der Waals surface area contributed by atoms with Gasteiger partial charge in [0.05, 0.1) is 17.7 Å². The fraction of sp³-hybridized carbons (Fsp3) is 0.211. The Labute approximate surface area is 139 Å². The van der Waals surface area contributed by atoms with Gasteiger partial charge in [0, 0.05) is 29.6 Å². The first kappa shape index (κ1) is 14.6. The van der Waals surface area contributed by atoms with Gasteiger partial charge in [-0.15, -0.1) is 0 Å². The van der Waals surface area contributed by atoms with E-state index in [4.69, 9.17) is 11.6 Å². The average Bonchev–Trinajstić information content (AvgIpc) is 2.90. The molecule has 0 spiro atoms. The highest BCUT2D eigenvalue weighted by molar-refractivity contribution is 6.35. The second-order valence-electron chi connectivity index (χ2n) is 5.93. The van der Waals surface area contributed by atoms with Crippen molar-refractivity contribution >= 4 is 22.5 Å². The first-order valence-corrected chi connectivity index (χ1v) is 8.13. The molecule has 23 heavy (non-hydrogen) atoms. The van der Waals surface area contributed by atoms with E-state index in [1.807, 2.05) is 36.4 Å². The summed E-state index contributed by atoms with van der Waals surface area (Å²) in [6.07, 6.45) is 2.09. The summed E-state index contributed by atoms with van der Waals surface area (Å²) in [4.78, 5) is 4.46. The quantitative estimate of drug-likeness (QED) is 0.773. The average molecular weight is 325 g/mol. The third-order valence-corrected chi connectivity index (χ3v) is 4.85. The lowest BCUT2D eigenvalue weighted by Gasteiger charge is -2.18. The van der Waals surface area contributed by atoms with Crippen molar-refractivity contribution in [2.75, 3.05) is 0 Å². The number of nitrogens with zero attached hydrogens (tertiary/aromatic N) is 1. The normalized spacial score (nSPS) is 19.9. The van der Waals surface area contributed by atoms with Gasteiger partial charge in [0.2, 0.25) is 0 Å². The van der Waals surface area contributed by atoms with Crippen LogP contribution in [0.2, 0.25) is 5.02 Å². The summed E-state index contributed by atoms with van der Waals surface area (Å²) in [5, 5.41) is 15.5. The Kier molecular flexibility index (Phi) is 3.77. The zero-order valence-corrected chi connectivity index (χ0v) is 13.3. The van der Waals surface area contributed by atoms with Crippen molar-refractivity contribution in [2.45, 2.75) is 25.1 Å². The molecule has 1 aliphatic carbocycles. The van der Waals surface area contributed by atoms with Crippen molar-refractivity contribution in [2.24, 2.45) is 0 Å². The van der Waals surface area contributed by atoms with Crippen LogP contribution in [-0.4, -0.2) is 16.2 Å². The number of aromatic nitrogens is 1. The lowest BCUT2D eigenvalue weighted by atomic mass is 10.1. The molecule has 2 N–H and O–H groups in total. The number of aliphatic hydroxyl groups excluding tert-OH is 1. The molecular formula is C19H17ClN2O. The Morgan fingerprint density at radius 3 is 2.91 bits per heavy atom. The Morgan fingerprint density at radius 2 is 2.00 bits per heavy atom. The molecule has 4 rings (SSSR count). The number of fused-ring (bicyclic) bond motifs is 2. The second-order valence-corrected chi connectivity index (χ2v) is 6.34. The van der Waals surface area contributed by atoms with Crippen LogP contribution in [0.5, 0.6) is 0 Å². The maximum atomic E-state index is 10.3. The summed E-state index contributed by atoms with van der Waals surface area (Å²) < 4.78 is 0. The summed E-state index contributed by atoms with van der Waals surface area (Å²) in [6, 6.07) is 15.9. The fourth-order valence-corrected chi connectivity index (χ4v) is 3.59. The number of nitrogens with one attached hydrogen (secondary N) is 1. The van der Waals surface area contributed by atoms with Crippen molar-refractivity contribution < 1.29 is 5.11 Å². The lowest BCUT2D eigenvalue weighted by Crippen LogP contribution is -2.28. The van der Waals surface area contributed by atoms with Crippen molar-refractivity contribution in [1.29, 1.82) is 0 Å². The Hall–Kier alpha value is -1.94. The maximum Gasteiger partial charge on any atom is 0.0775 e. The van der Waals surface area contributed by atoms with Crippen molar-refractivity contribution in [3.8, 4) is 0 Å². The molecule has 0 saturated carbocycles. The largest absolute Gasteiger partial charge is 0.391 e. The van der Waals surface area contributed by atoms with Gasteiger partial charge in [-0.25, -0.2) is 0 Å². The SMILES string of the molecule is O[C@H]1Cc2ccccc2[C@H]1NCc1ccc(Cl)c2cccnc12. The van der Waals surface area contributed by atoms with Crippen LogP contribution in [0.25, 0.3) is 10.9 Å². The highest BCUT2D eigenvalue weighted by Gasteiger charge is 2.30. The first-order valence-electron chi connectivity index (χ1n) is 7.75. The van der Waals surface area contributed by atoms with Crippen LogP contribution in [0.3, 0.4) is 0 Å². The minimum Gasteiger partial charge on any atom is -0.391 e. The van der Waals surface area contributed by atoms with Crippen molar-refractivity contribution in [1.82, 2.24) is 10.3 Å². The summed E-state index contributed by atoms with van der Waals surface area (Å²) in [6.45, 7) is 0.640. The number of pyridine rings is 1. The van der Waals surface area contributed by atoms with Gasteiger partial charge < -0.3 is 10.4 Å². The number of benzene rings is 2.